The quantitative estimate of drug-likeness (QED) is 0.482. The van der Waals surface area contributed by atoms with Crippen LogP contribution in [0, 0.1) is 10.1 Å². The summed E-state index contributed by atoms with van der Waals surface area (Å²) in [6, 6.07) is 0. The van der Waals surface area contributed by atoms with E-state index in [0.29, 0.717) is 0 Å². The number of halogens is 4. The molecule has 18 heavy (non-hydrogen) atoms. The third kappa shape index (κ3) is 3.22. The molecule has 0 N–H and O–H groups in total. The fourth-order valence-corrected chi connectivity index (χ4v) is 1.56. The van der Waals surface area contributed by atoms with Crippen LogP contribution >= 0.6 is 15.9 Å². The number of hydrogen-bond acceptors (Lipinski definition) is 5. The van der Waals surface area contributed by atoms with Gasteiger partial charge in [0.05, 0.1) is 23.6 Å². The molecule has 0 saturated carbocycles. The highest BCUT2D eigenvalue weighted by atomic mass is 79.9. The van der Waals surface area contributed by atoms with Crippen molar-refractivity contribution in [2.75, 3.05) is 7.11 Å². The number of hydrogen-bond donors (Lipinski definition) is 0. The number of aromatic nitrogens is 1. The van der Waals surface area contributed by atoms with Crippen LogP contribution < -0.4 is 9.47 Å². The molecule has 0 saturated heterocycles. The molecule has 0 aliphatic carbocycles. The monoisotopic (exact) mass is 330 g/mol. The lowest BCUT2D eigenvalue weighted by molar-refractivity contribution is -0.389. The number of rotatable bonds is 4. The van der Waals surface area contributed by atoms with Crippen molar-refractivity contribution in [2.45, 2.75) is 11.7 Å². The number of pyridine rings is 1. The zero-order valence-corrected chi connectivity index (χ0v) is 10.4. The Balaban J connectivity index is 3.45. The molecular weight excluding hydrogens is 325 g/mol. The molecule has 0 unspecified atom stereocenters. The number of ether oxygens (including phenoxy) is 2. The molecule has 0 radical (unpaired) electrons. The van der Waals surface area contributed by atoms with Gasteiger partial charge >= 0.3 is 12.0 Å². The molecule has 1 rings (SSSR count). The third-order valence-electron chi connectivity index (χ3n) is 1.80. The minimum Gasteiger partial charge on any atom is -0.491 e. The van der Waals surface area contributed by atoms with Gasteiger partial charge in [0.1, 0.15) is 5.69 Å². The summed E-state index contributed by atoms with van der Waals surface area (Å²) in [5, 5.41) is 10.7. The van der Waals surface area contributed by atoms with Gasteiger partial charge in [-0.05, 0) is 0 Å². The highest BCUT2D eigenvalue weighted by Crippen LogP contribution is 2.41. The second-order valence-electron chi connectivity index (χ2n) is 2.89. The van der Waals surface area contributed by atoms with E-state index in [-0.39, 0.29) is 11.0 Å². The molecule has 0 aliphatic heterocycles. The summed E-state index contributed by atoms with van der Waals surface area (Å²) < 4.78 is 44.8. The Hall–Kier alpha value is -1.58. The SMILES string of the molecule is COc1cnc(CBr)c([N+](=O)[O-])c1OC(F)(F)F. The molecular formula is C8H6BrF3N2O4. The summed E-state index contributed by atoms with van der Waals surface area (Å²) in [4.78, 5) is 13.4. The van der Waals surface area contributed by atoms with Gasteiger partial charge in [0.2, 0.25) is 0 Å². The van der Waals surface area contributed by atoms with Crippen molar-refractivity contribution < 1.29 is 27.6 Å². The van der Waals surface area contributed by atoms with E-state index in [1.165, 1.54) is 0 Å². The van der Waals surface area contributed by atoms with Crippen LogP contribution in [0.2, 0.25) is 0 Å². The highest BCUT2D eigenvalue weighted by molar-refractivity contribution is 9.08. The Kier molecular flexibility index (Phi) is 4.33. The Labute approximate surface area is 107 Å². The minimum absolute atomic E-state index is 0.0957. The third-order valence-corrected chi connectivity index (χ3v) is 2.33. The van der Waals surface area contributed by atoms with Crippen molar-refractivity contribution in [3.8, 4) is 11.5 Å². The van der Waals surface area contributed by atoms with E-state index in [1.54, 1.807) is 0 Å². The van der Waals surface area contributed by atoms with E-state index in [9.17, 15) is 23.3 Å². The highest BCUT2D eigenvalue weighted by Gasteiger charge is 2.38. The molecule has 0 bridgehead atoms. The zero-order valence-electron chi connectivity index (χ0n) is 8.82. The van der Waals surface area contributed by atoms with Gasteiger partial charge in [-0.15, -0.1) is 13.2 Å². The van der Waals surface area contributed by atoms with Crippen LogP contribution in [-0.4, -0.2) is 23.4 Å². The zero-order chi connectivity index (χ0) is 13.9. The lowest BCUT2D eigenvalue weighted by atomic mass is 10.3. The fraction of sp³-hybridized carbons (Fsp3) is 0.375. The van der Waals surface area contributed by atoms with Crippen LogP contribution in [0.5, 0.6) is 11.5 Å². The van der Waals surface area contributed by atoms with E-state index in [0.717, 1.165) is 13.3 Å². The van der Waals surface area contributed by atoms with Crippen LogP contribution in [0.4, 0.5) is 18.9 Å². The maximum Gasteiger partial charge on any atom is 0.573 e. The predicted molar refractivity (Wildman–Crippen MR) is 56.8 cm³/mol. The van der Waals surface area contributed by atoms with Crippen LogP contribution in [0.15, 0.2) is 6.20 Å². The molecule has 0 fully saturated rings. The molecule has 10 heteroatoms. The molecule has 0 aliphatic rings. The molecule has 1 aromatic heterocycles. The van der Waals surface area contributed by atoms with Crippen LogP contribution in [0.25, 0.3) is 0 Å². The second-order valence-corrected chi connectivity index (χ2v) is 3.45. The van der Waals surface area contributed by atoms with Crippen molar-refractivity contribution in [3.05, 3.63) is 22.0 Å². The van der Waals surface area contributed by atoms with E-state index >= 15 is 0 Å². The first-order valence-corrected chi connectivity index (χ1v) is 5.44. The number of nitro groups is 1. The fourth-order valence-electron chi connectivity index (χ4n) is 1.15. The summed E-state index contributed by atoms with van der Waals surface area (Å²) >= 11 is 2.89. The van der Waals surface area contributed by atoms with Gasteiger partial charge in [-0.1, -0.05) is 15.9 Å². The average Bonchev–Trinajstić information content (AvgIpc) is 2.25. The van der Waals surface area contributed by atoms with Crippen molar-refractivity contribution in [1.82, 2.24) is 4.98 Å². The van der Waals surface area contributed by atoms with Crippen LogP contribution in [-0.2, 0) is 5.33 Å². The molecule has 0 atom stereocenters. The van der Waals surface area contributed by atoms with Crippen molar-refractivity contribution in [1.29, 1.82) is 0 Å². The maximum atomic E-state index is 12.2. The van der Waals surface area contributed by atoms with Crippen LogP contribution in [0.1, 0.15) is 5.69 Å². The standard InChI is InChI=1S/C8H6BrF3N2O4/c1-17-5-3-13-4(2-9)6(14(15)16)7(5)18-8(10,11)12/h3H,2H2,1H3. The molecule has 0 amide bonds. The molecule has 1 aromatic rings. The molecule has 6 nitrogen and oxygen atoms in total. The Bertz CT molecular complexity index is 466. The van der Waals surface area contributed by atoms with Crippen molar-refractivity contribution in [3.63, 3.8) is 0 Å². The molecule has 0 aromatic carbocycles. The average molecular weight is 331 g/mol. The van der Waals surface area contributed by atoms with Crippen molar-refractivity contribution >= 4 is 21.6 Å². The second kappa shape index (κ2) is 5.38. The summed E-state index contributed by atoms with van der Waals surface area (Å²) in [7, 11) is 1.05. The first kappa shape index (κ1) is 14.5. The Morgan fingerprint density at radius 1 is 1.56 bits per heavy atom. The summed E-state index contributed by atoms with van der Waals surface area (Å²) in [5.74, 6) is -1.48. The Morgan fingerprint density at radius 3 is 2.56 bits per heavy atom. The van der Waals surface area contributed by atoms with Crippen molar-refractivity contribution in [2.24, 2.45) is 0 Å². The smallest absolute Gasteiger partial charge is 0.491 e. The molecule has 100 valence electrons. The predicted octanol–water partition coefficient (Wildman–Crippen LogP) is 2.79. The van der Waals surface area contributed by atoms with Crippen LogP contribution in [0.3, 0.4) is 0 Å². The van der Waals surface area contributed by atoms with E-state index in [2.05, 4.69) is 30.4 Å². The molecule has 0 spiro atoms. The van der Waals surface area contributed by atoms with E-state index in [1.807, 2.05) is 0 Å². The minimum atomic E-state index is -5.07. The van der Waals surface area contributed by atoms with E-state index in [4.69, 9.17) is 0 Å². The topological polar surface area (TPSA) is 74.5 Å². The van der Waals surface area contributed by atoms with Gasteiger partial charge in [0, 0.05) is 0 Å². The number of methoxy groups -OCH3 is 1. The van der Waals surface area contributed by atoms with E-state index < -0.39 is 28.5 Å². The summed E-state index contributed by atoms with van der Waals surface area (Å²) in [5.41, 5.74) is -1.08. The lowest BCUT2D eigenvalue weighted by Crippen LogP contribution is -2.19. The van der Waals surface area contributed by atoms with Gasteiger partial charge < -0.3 is 9.47 Å². The normalized spacial score (nSPS) is 11.2. The Morgan fingerprint density at radius 2 is 2.17 bits per heavy atom. The first-order chi connectivity index (χ1) is 8.30. The molecule has 1 heterocycles. The number of alkyl halides is 4. The van der Waals surface area contributed by atoms with Gasteiger partial charge in [-0.25, -0.2) is 4.98 Å². The van der Waals surface area contributed by atoms with Gasteiger partial charge in [0.25, 0.3) is 5.75 Å². The maximum absolute atomic E-state index is 12.2. The summed E-state index contributed by atoms with van der Waals surface area (Å²) in [6.07, 6.45) is -4.15. The van der Waals surface area contributed by atoms with Gasteiger partial charge in [-0.3, -0.25) is 10.1 Å². The largest absolute Gasteiger partial charge is 0.573 e. The van der Waals surface area contributed by atoms with Gasteiger partial charge in [-0.2, -0.15) is 0 Å². The first-order valence-electron chi connectivity index (χ1n) is 4.32. The lowest BCUT2D eigenvalue weighted by Gasteiger charge is -2.13. The summed E-state index contributed by atoms with van der Waals surface area (Å²) in [6.45, 7) is 0. The van der Waals surface area contributed by atoms with Gasteiger partial charge in [0.15, 0.2) is 5.75 Å². The number of nitrogens with zero attached hydrogens (tertiary/aromatic N) is 2.